The topological polar surface area (TPSA) is 113 Å². The van der Waals surface area contributed by atoms with Gasteiger partial charge >= 0.3 is 5.97 Å². The summed E-state index contributed by atoms with van der Waals surface area (Å²) in [7, 11) is 1.48. The third-order valence-corrected chi connectivity index (χ3v) is 7.48. The average molecular weight is 515 g/mol. The summed E-state index contributed by atoms with van der Waals surface area (Å²) in [5, 5.41) is 11.9. The van der Waals surface area contributed by atoms with Crippen LogP contribution in [0, 0.1) is 11.8 Å². The molecule has 1 heterocycles. The first-order valence-electron chi connectivity index (χ1n) is 10.9. The summed E-state index contributed by atoms with van der Waals surface area (Å²) in [4.78, 5) is 51.5. The molecule has 0 unspecified atom stereocenters. The molecule has 3 atom stereocenters. The van der Waals surface area contributed by atoms with E-state index < -0.39 is 23.1 Å². The van der Waals surface area contributed by atoms with E-state index in [1.807, 2.05) is 6.08 Å². The number of carboxylic acid groups (broad SMARTS) is 1. The molecule has 2 aromatic carbocycles. The van der Waals surface area contributed by atoms with Gasteiger partial charge in [0.1, 0.15) is 5.75 Å². The van der Waals surface area contributed by atoms with Gasteiger partial charge in [-0.1, -0.05) is 23.8 Å². The number of carboxylic acids is 1. The highest BCUT2D eigenvalue weighted by molar-refractivity contribution is 8.00. The SMILES string of the molecule is COc1ccc(N2C(=O)C[C@H](Sc3ccc(NC(=O)[C@@H]4CC=CC[C@@H]4C(=O)O)cc3)C2=O)cc1Cl. The van der Waals surface area contributed by atoms with Gasteiger partial charge in [0.15, 0.2) is 0 Å². The number of carbonyl (C=O) groups excluding carboxylic acids is 3. The Morgan fingerprint density at radius 2 is 1.77 bits per heavy atom. The van der Waals surface area contributed by atoms with Crippen molar-refractivity contribution in [3.63, 3.8) is 0 Å². The largest absolute Gasteiger partial charge is 0.495 e. The molecule has 2 aromatic rings. The second-order valence-electron chi connectivity index (χ2n) is 8.20. The summed E-state index contributed by atoms with van der Waals surface area (Å²) in [6.45, 7) is 0. The molecule has 1 aliphatic carbocycles. The summed E-state index contributed by atoms with van der Waals surface area (Å²) in [5.74, 6) is -2.90. The van der Waals surface area contributed by atoms with Crippen LogP contribution in [0.3, 0.4) is 0 Å². The Hall–Kier alpha value is -3.30. The lowest BCUT2D eigenvalue weighted by atomic mass is 9.82. The Morgan fingerprint density at radius 3 is 2.40 bits per heavy atom. The maximum atomic E-state index is 13.0. The molecule has 0 radical (unpaired) electrons. The van der Waals surface area contributed by atoms with Crippen molar-refractivity contribution in [2.24, 2.45) is 11.8 Å². The first kappa shape index (κ1) is 24.8. The minimum absolute atomic E-state index is 0.0530. The minimum Gasteiger partial charge on any atom is -0.495 e. The Morgan fingerprint density at radius 1 is 1.09 bits per heavy atom. The molecule has 1 fully saturated rings. The van der Waals surface area contributed by atoms with E-state index in [9.17, 15) is 24.3 Å². The highest BCUT2D eigenvalue weighted by Gasteiger charge is 2.40. The number of rotatable bonds is 7. The second-order valence-corrected chi connectivity index (χ2v) is 9.89. The summed E-state index contributed by atoms with van der Waals surface area (Å²) in [6.07, 6.45) is 4.37. The van der Waals surface area contributed by atoms with Gasteiger partial charge in [-0.05, 0) is 55.3 Å². The highest BCUT2D eigenvalue weighted by Crippen LogP contribution is 2.37. The first-order chi connectivity index (χ1) is 16.8. The fourth-order valence-corrected chi connectivity index (χ4v) is 5.46. The number of hydrogen-bond acceptors (Lipinski definition) is 6. The molecule has 3 amide bonds. The van der Waals surface area contributed by atoms with E-state index in [0.29, 0.717) is 35.0 Å². The second kappa shape index (κ2) is 10.5. The molecule has 4 rings (SSSR count). The van der Waals surface area contributed by atoms with Crippen LogP contribution in [-0.4, -0.2) is 41.2 Å². The lowest BCUT2D eigenvalue weighted by Crippen LogP contribution is -2.34. The summed E-state index contributed by atoms with van der Waals surface area (Å²) < 4.78 is 5.12. The molecule has 35 heavy (non-hydrogen) atoms. The minimum atomic E-state index is -0.983. The van der Waals surface area contributed by atoms with Crippen LogP contribution < -0.4 is 15.0 Å². The molecular weight excluding hydrogens is 492 g/mol. The zero-order valence-corrected chi connectivity index (χ0v) is 20.3. The fourth-order valence-electron chi connectivity index (χ4n) is 4.15. The molecule has 0 spiro atoms. The number of nitrogens with one attached hydrogen (secondary N) is 1. The van der Waals surface area contributed by atoms with Crippen molar-refractivity contribution in [1.29, 1.82) is 0 Å². The van der Waals surface area contributed by atoms with Crippen LogP contribution in [0.1, 0.15) is 19.3 Å². The number of aliphatic carboxylic acids is 1. The van der Waals surface area contributed by atoms with Crippen molar-refractivity contribution in [2.75, 3.05) is 17.3 Å². The van der Waals surface area contributed by atoms with Crippen LogP contribution in [-0.2, 0) is 19.2 Å². The van der Waals surface area contributed by atoms with E-state index >= 15 is 0 Å². The Bertz CT molecular complexity index is 1200. The third kappa shape index (κ3) is 5.36. The van der Waals surface area contributed by atoms with Gasteiger partial charge in [0, 0.05) is 17.0 Å². The number of amides is 3. The van der Waals surface area contributed by atoms with Gasteiger partial charge < -0.3 is 15.2 Å². The molecule has 1 aliphatic heterocycles. The Balaban J connectivity index is 1.40. The van der Waals surface area contributed by atoms with E-state index in [0.717, 1.165) is 9.80 Å². The Labute approximate surface area is 211 Å². The van der Waals surface area contributed by atoms with Crippen molar-refractivity contribution < 1.29 is 29.0 Å². The number of ether oxygens (including phenoxy) is 1. The van der Waals surface area contributed by atoms with Crippen LogP contribution in [0.4, 0.5) is 11.4 Å². The number of nitrogens with zero attached hydrogens (tertiary/aromatic N) is 1. The molecule has 0 bridgehead atoms. The number of benzene rings is 2. The molecule has 2 N–H and O–H groups in total. The molecule has 0 aromatic heterocycles. The van der Waals surface area contributed by atoms with Gasteiger partial charge in [0.2, 0.25) is 17.7 Å². The van der Waals surface area contributed by atoms with Crippen molar-refractivity contribution in [3.05, 3.63) is 59.6 Å². The van der Waals surface area contributed by atoms with E-state index in [4.69, 9.17) is 16.3 Å². The van der Waals surface area contributed by atoms with Crippen molar-refractivity contribution in [1.82, 2.24) is 0 Å². The molecular formula is C25H23ClN2O6S. The average Bonchev–Trinajstić information content (AvgIpc) is 3.12. The van der Waals surface area contributed by atoms with Gasteiger partial charge in [-0.3, -0.25) is 19.2 Å². The molecule has 1 saturated heterocycles. The van der Waals surface area contributed by atoms with Gasteiger partial charge in [-0.15, -0.1) is 11.8 Å². The fraction of sp³-hybridized carbons (Fsp3) is 0.280. The van der Waals surface area contributed by atoms with Gasteiger partial charge in [0.25, 0.3) is 0 Å². The van der Waals surface area contributed by atoms with Gasteiger partial charge in [0.05, 0.1) is 34.9 Å². The lowest BCUT2D eigenvalue weighted by Gasteiger charge is -2.24. The lowest BCUT2D eigenvalue weighted by molar-refractivity contribution is -0.146. The van der Waals surface area contributed by atoms with E-state index in [-0.39, 0.29) is 24.1 Å². The summed E-state index contributed by atoms with van der Waals surface area (Å²) >= 11 is 7.42. The number of imide groups is 1. The predicted octanol–water partition coefficient (Wildman–Crippen LogP) is 4.38. The summed E-state index contributed by atoms with van der Waals surface area (Å²) in [6, 6.07) is 11.6. The molecule has 182 valence electrons. The quantitative estimate of drug-likeness (QED) is 0.416. The molecule has 10 heteroatoms. The van der Waals surface area contributed by atoms with Crippen molar-refractivity contribution in [3.8, 4) is 5.75 Å². The van der Waals surface area contributed by atoms with Crippen LogP contribution in [0.5, 0.6) is 5.75 Å². The maximum absolute atomic E-state index is 13.0. The van der Waals surface area contributed by atoms with Gasteiger partial charge in [-0.2, -0.15) is 0 Å². The standard InChI is InChI=1S/C25H23ClN2O6S/c1-34-20-11-8-15(12-19(20)26)28-22(29)13-21(24(28)31)35-16-9-6-14(7-10-16)27-23(30)17-4-2-3-5-18(17)25(32)33/h2-3,6-12,17-18,21H,4-5,13H2,1H3,(H,27,30)(H,32,33)/t17-,18+,21+/m1/s1. The van der Waals surface area contributed by atoms with Crippen LogP contribution in [0.2, 0.25) is 5.02 Å². The van der Waals surface area contributed by atoms with Crippen LogP contribution in [0.25, 0.3) is 0 Å². The number of methoxy groups -OCH3 is 1. The number of hydrogen-bond donors (Lipinski definition) is 2. The maximum Gasteiger partial charge on any atom is 0.307 e. The van der Waals surface area contributed by atoms with Crippen LogP contribution >= 0.6 is 23.4 Å². The van der Waals surface area contributed by atoms with Crippen molar-refractivity contribution >= 4 is 58.4 Å². The van der Waals surface area contributed by atoms with E-state index in [1.54, 1.807) is 42.5 Å². The summed E-state index contributed by atoms with van der Waals surface area (Å²) in [5.41, 5.74) is 0.922. The number of allylic oxidation sites excluding steroid dienone is 2. The molecule has 8 nitrogen and oxygen atoms in total. The van der Waals surface area contributed by atoms with E-state index in [2.05, 4.69) is 5.32 Å². The predicted molar refractivity (Wildman–Crippen MR) is 133 cm³/mol. The normalized spacial score (nSPS) is 21.8. The number of carbonyl (C=O) groups is 4. The van der Waals surface area contributed by atoms with E-state index in [1.165, 1.54) is 24.9 Å². The monoisotopic (exact) mass is 514 g/mol. The number of anilines is 2. The zero-order chi connectivity index (χ0) is 25.1. The smallest absolute Gasteiger partial charge is 0.307 e. The van der Waals surface area contributed by atoms with Gasteiger partial charge in [-0.25, -0.2) is 4.90 Å². The number of thioether (sulfide) groups is 1. The first-order valence-corrected chi connectivity index (χ1v) is 12.2. The third-order valence-electron chi connectivity index (χ3n) is 5.99. The van der Waals surface area contributed by atoms with Crippen molar-refractivity contribution in [2.45, 2.75) is 29.4 Å². The van der Waals surface area contributed by atoms with Crippen LogP contribution in [0.15, 0.2) is 59.5 Å². The molecule has 2 aliphatic rings. The molecule has 0 saturated carbocycles. The number of halogens is 1. The Kier molecular flexibility index (Phi) is 7.47. The zero-order valence-electron chi connectivity index (χ0n) is 18.8. The highest BCUT2D eigenvalue weighted by atomic mass is 35.5.